The van der Waals surface area contributed by atoms with E-state index >= 15 is 0 Å². The second-order valence-electron chi connectivity index (χ2n) is 2.91. The number of hydrogen-bond acceptors (Lipinski definition) is 3. The van der Waals surface area contributed by atoms with Crippen LogP contribution in [0, 0.1) is 0 Å². The van der Waals surface area contributed by atoms with Crippen molar-refractivity contribution in [2.24, 2.45) is 5.73 Å². The molecule has 1 aromatic rings. The molecule has 0 atom stereocenters. The Morgan fingerprint density at radius 1 is 1.24 bits per heavy atom. The summed E-state index contributed by atoms with van der Waals surface area (Å²) >= 11 is 0. The molecule has 0 amide bonds. The topological polar surface area (TPSA) is 72.2 Å². The first kappa shape index (κ1) is 16.0. The van der Waals surface area contributed by atoms with Crippen LogP contribution < -0.4 is 10.5 Å². The average Bonchev–Trinajstić information content (AvgIpc) is 2.16. The zero-order valence-corrected chi connectivity index (χ0v) is 9.99. The van der Waals surface area contributed by atoms with Gasteiger partial charge in [0.2, 0.25) is 0 Å². The van der Waals surface area contributed by atoms with E-state index in [1.807, 2.05) is 0 Å². The Kier molecular flexibility index (Phi) is 5.24. The van der Waals surface area contributed by atoms with Crippen LogP contribution in [0.1, 0.15) is 5.56 Å². The predicted octanol–water partition coefficient (Wildman–Crippen LogP) is 1.83. The van der Waals surface area contributed by atoms with E-state index in [-0.39, 0.29) is 30.2 Å². The first-order chi connectivity index (χ1) is 7.28. The minimum atomic E-state index is -5.39. The first-order valence-electron chi connectivity index (χ1n) is 4.15. The minimum absolute atomic E-state index is 0. The molecular weight excluding hydrogens is 281 g/mol. The zero-order valence-electron chi connectivity index (χ0n) is 8.36. The van der Waals surface area contributed by atoms with Gasteiger partial charge in [-0.25, -0.2) is 0 Å². The van der Waals surface area contributed by atoms with Gasteiger partial charge < -0.3 is 5.73 Å². The van der Waals surface area contributed by atoms with Crippen LogP contribution in [0.5, 0.6) is 0 Å². The summed E-state index contributed by atoms with van der Waals surface area (Å²) in [5.41, 5.74) is 0.0467. The highest BCUT2D eigenvalue weighted by Crippen LogP contribution is 2.26. The third kappa shape index (κ3) is 3.76. The van der Waals surface area contributed by atoms with Gasteiger partial charge in [-0.3, -0.25) is 4.72 Å². The summed E-state index contributed by atoms with van der Waals surface area (Å²) in [5.74, 6) is 0. The quantitative estimate of drug-likeness (QED) is 0.892. The maximum Gasteiger partial charge on any atom is 0.516 e. The molecule has 98 valence electrons. The summed E-state index contributed by atoms with van der Waals surface area (Å²) < 4.78 is 59.3. The van der Waals surface area contributed by atoms with Crippen molar-refractivity contribution < 1.29 is 21.6 Å². The number of halogens is 4. The van der Waals surface area contributed by atoms with E-state index in [0.717, 1.165) is 0 Å². The summed E-state index contributed by atoms with van der Waals surface area (Å²) in [6, 6.07) is 5.61. The number of alkyl halides is 3. The van der Waals surface area contributed by atoms with Gasteiger partial charge in [0.1, 0.15) is 0 Å². The van der Waals surface area contributed by atoms with Crippen molar-refractivity contribution in [2.75, 3.05) is 4.72 Å². The van der Waals surface area contributed by atoms with Gasteiger partial charge in [-0.05, 0) is 11.6 Å². The van der Waals surface area contributed by atoms with Crippen LogP contribution in [-0.4, -0.2) is 13.9 Å². The van der Waals surface area contributed by atoms with E-state index in [4.69, 9.17) is 5.73 Å². The Morgan fingerprint density at radius 2 is 1.76 bits per heavy atom. The third-order valence-electron chi connectivity index (χ3n) is 1.79. The average molecular weight is 291 g/mol. The van der Waals surface area contributed by atoms with Gasteiger partial charge >= 0.3 is 15.5 Å². The van der Waals surface area contributed by atoms with Gasteiger partial charge in [-0.2, -0.15) is 21.6 Å². The van der Waals surface area contributed by atoms with Crippen molar-refractivity contribution in [1.82, 2.24) is 0 Å². The van der Waals surface area contributed by atoms with Gasteiger partial charge in [0.25, 0.3) is 0 Å². The molecule has 3 N–H and O–H groups in total. The van der Waals surface area contributed by atoms with Crippen LogP contribution in [0.3, 0.4) is 0 Å². The van der Waals surface area contributed by atoms with Crippen molar-refractivity contribution >= 4 is 28.1 Å². The highest BCUT2D eigenvalue weighted by molar-refractivity contribution is 7.93. The number of rotatable bonds is 3. The molecule has 9 heteroatoms. The Morgan fingerprint density at radius 3 is 2.24 bits per heavy atom. The molecule has 0 aromatic heterocycles. The molecule has 0 spiro atoms. The van der Waals surface area contributed by atoms with Gasteiger partial charge in [-0.15, -0.1) is 12.4 Å². The molecule has 0 saturated carbocycles. The lowest BCUT2D eigenvalue weighted by atomic mass is 10.2. The van der Waals surface area contributed by atoms with Crippen LogP contribution >= 0.6 is 12.4 Å². The first-order valence-corrected chi connectivity index (χ1v) is 5.63. The molecule has 0 aliphatic carbocycles. The second kappa shape index (κ2) is 5.56. The fourth-order valence-corrected chi connectivity index (χ4v) is 1.60. The summed E-state index contributed by atoms with van der Waals surface area (Å²) in [6.45, 7) is -0.0590. The lowest BCUT2D eigenvalue weighted by Gasteiger charge is -2.12. The molecule has 0 radical (unpaired) electrons. The zero-order chi connectivity index (χ0) is 12.4. The Labute approximate surface area is 102 Å². The molecule has 1 aromatic carbocycles. The molecule has 1 rings (SSSR count). The van der Waals surface area contributed by atoms with E-state index in [1.54, 1.807) is 6.07 Å². The van der Waals surface area contributed by atoms with Crippen LogP contribution in [-0.2, 0) is 16.6 Å². The molecule has 0 heterocycles. The molecule has 17 heavy (non-hydrogen) atoms. The number of benzene rings is 1. The van der Waals surface area contributed by atoms with Crippen molar-refractivity contribution in [1.29, 1.82) is 0 Å². The van der Waals surface area contributed by atoms with E-state index in [9.17, 15) is 21.6 Å². The summed E-state index contributed by atoms with van der Waals surface area (Å²) in [7, 11) is -5.39. The van der Waals surface area contributed by atoms with Gasteiger partial charge in [0.05, 0.1) is 5.69 Å². The lowest BCUT2D eigenvalue weighted by Crippen LogP contribution is -2.30. The van der Waals surface area contributed by atoms with Crippen LogP contribution in [0.15, 0.2) is 24.3 Å². The predicted molar refractivity (Wildman–Crippen MR) is 60.2 cm³/mol. The Bertz CT molecular complexity index is 476. The Hall–Kier alpha value is -0.990. The number of hydrogen-bond donors (Lipinski definition) is 2. The van der Waals surface area contributed by atoms with Gasteiger partial charge in [0.15, 0.2) is 0 Å². The largest absolute Gasteiger partial charge is 0.516 e. The summed E-state index contributed by atoms with van der Waals surface area (Å²) in [5, 5.41) is 0. The lowest BCUT2D eigenvalue weighted by molar-refractivity contribution is -0.0429. The maximum atomic E-state index is 12.1. The molecule has 0 aliphatic heterocycles. The second-order valence-corrected chi connectivity index (χ2v) is 4.59. The van der Waals surface area contributed by atoms with E-state index in [1.165, 1.54) is 22.9 Å². The molecular formula is C8H10ClF3N2O2S. The fourth-order valence-electron chi connectivity index (χ4n) is 1.00. The van der Waals surface area contributed by atoms with E-state index in [2.05, 4.69) is 0 Å². The van der Waals surface area contributed by atoms with Crippen molar-refractivity contribution in [3.05, 3.63) is 29.8 Å². The minimum Gasteiger partial charge on any atom is -0.326 e. The van der Waals surface area contributed by atoms with Gasteiger partial charge in [0, 0.05) is 6.54 Å². The van der Waals surface area contributed by atoms with Crippen LogP contribution in [0.4, 0.5) is 18.9 Å². The number of anilines is 1. The summed E-state index contributed by atoms with van der Waals surface area (Å²) in [4.78, 5) is 0. The van der Waals surface area contributed by atoms with Crippen molar-refractivity contribution in [3.8, 4) is 0 Å². The standard InChI is InChI=1S/C8H9F3N2O2S.ClH/c9-8(10,11)16(14,15)13-7-4-2-1-3-6(7)5-12;/h1-4,13H,5,12H2;1H. The SMILES string of the molecule is Cl.NCc1ccccc1NS(=O)(=O)C(F)(F)F. The highest BCUT2D eigenvalue weighted by atomic mass is 35.5. The van der Waals surface area contributed by atoms with Crippen molar-refractivity contribution in [3.63, 3.8) is 0 Å². The molecule has 0 fully saturated rings. The van der Waals surface area contributed by atoms with Crippen LogP contribution in [0.2, 0.25) is 0 Å². The molecule has 0 aliphatic rings. The van der Waals surface area contributed by atoms with Crippen molar-refractivity contribution in [2.45, 2.75) is 12.1 Å². The number of sulfonamides is 1. The van der Waals surface area contributed by atoms with E-state index in [0.29, 0.717) is 0 Å². The monoisotopic (exact) mass is 290 g/mol. The number of nitrogens with two attached hydrogens (primary N) is 1. The molecule has 0 bridgehead atoms. The fraction of sp³-hybridized carbons (Fsp3) is 0.250. The highest BCUT2D eigenvalue weighted by Gasteiger charge is 2.46. The van der Waals surface area contributed by atoms with Gasteiger partial charge in [-0.1, -0.05) is 18.2 Å². The van der Waals surface area contributed by atoms with E-state index < -0.39 is 15.5 Å². The van der Waals surface area contributed by atoms with Crippen LogP contribution in [0.25, 0.3) is 0 Å². The molecule has 0 saturated heterocycles. The Balaban J connectivity index is 0.00000256. The molecule has 0 unspecified atom stereocenters. The number of para-hydroxylation sites is 1. The smallest absolute Gasteiger partial charge is 0.326 e. The number of nitrogens with one attached hydrogen (secondary N) is 1. The maximum absolute atomic E-state index is 12.1. The molecule has 4 nitrogen and oxygen atoms in total. The third-order valence-corrected chi connectivity index (χ3v) is 2.88. The normalized spacial score (nSPS) is 11.8. The summed E-state index contributed by atoms with van der Waals surface area (Å²) in [6.07, 6.45) is 0.